The van der Waals surface area contributed by atoms with Gasteiger partial charge in [0.15, 0.2) is 0 Å². The van der Waals surface area contributed by atoms with E-state index >= 15 is 0 Å². The molecule has 0 aliphatic heterocycles. The van der Waals surface area contributed by atoms with Crippen molar-refractivity contribution in [1.29, 1.82) is 0 Å². The Kier molecular flexibility index (Phi) is 3.42. The average Bonchev–Trinajstić information content (AvgIpc) is 2.44. The Hall–Kier alpha value is -0.710. The van der Waals surface area contributed by atoms with Gasteiger partial charge in [0, 0.05) is 18.9 Å². The number of hydrogen-bond donors (Lipinski definition) is 2. The van der Waals surface area contributed by atoms with E-state index in [-0.39, 0.29) is 18.7 Å². The summed E-state index contributed by atoms with van der Waals surface area (Å²) in [7, 11) is 0. The largest absolute Gasteiger partial charge is 0.352 e. The van der Waals surface area contributed by atoms with Gasteiger partial charge in [-0.2, -0.15) is 0 Å². The maximum Gasteiger partial charge on any atom is 0.250 e. The molecule has 3 nitrogen and oxygen atoms in total. The van der Waals surface area contributed by atoms with Crippen LogP contribution < -0.4 is 11.1 Å². The molecule has 1 amide bonds. The van der Waals surface area contributed by atoms with Crippen molar-refractivity contribution in [2.24, 2.45) is 5.73 Å². The third-order valence-electron chi connectivity index (χ3n) is 2.53. The lowest BCUT2D eigenvalue weighted by atomic mass is 10.2. The van der Waals surface area contributed by atoms with Crippen LogP contribution in [0.1, 0.15) is 32.6 Å². The molecule has 1 fully saturated rings. The first-order chi connectivity index (χ1) is 6.44. The molecule has 0 aromatic heterocycles. The molecule has 0 radical (unpaired) electrons. The van der Waals surface area contributed by atoms with Crippen LogP contribution in [0.3, 0.4) is 0 Å². The van der Waals surface area contributed by atoms with Crippen molar-refractivity contribution in [1.82, 2.24) is 5.32 Å². The lowest BCUT2D eigenvalue weighted by molar-refractivity contribution is -0.123. The Balaban J connectivity index is 2.36. The van der Waals surface area contributed by atoms with Crippen molar-refractivity contribution in [3.05, 3.63) is 0 Å². The highest BCUT2D eigenvalue weighted by Gasteiger charge is 2.40. The highest BCUT2D eigenvalue weighted by atomic mass is 19.3. The summed E-state index contributed by atoms with van der Waals surface area (Å²) in [5.74, 6) is -2.94. The monoisotopic (exact) mass is 206 g/mol. The van der Waals surface area contributed by atoms with Gasteiger partial charge in [-0.25, -0.2) is 8.78 Å². The van der Waals surface area contributed by atoms with Gasteiger partial charge >= 0.3 is 0 Å². The maximum absolute atomic E-state index is 12.7. The molecule has 5 heteroatoms. The van der Waals surface area contributed by atoms with E-state index in [0.29, 0.717) is 12.8 Å². The smallest absolute Gasteiger partial charge is 0.250 e. The number of alkyl halides is 2. The first-order valence-corrected chi connectivity index (χ1v) is 4.88. The first-order valence-electron chi connectivity index (χ1n) is 4.88. The minimum absolute atomic E-state index is 0.140. The number of carbonyl (C=O) groups excluding carboxylic acids is 1. The Morgan fingerprint density at radius 2 is 2.36 bits per heavy atom. The number of rotatable bonds is 3. The molecule has 1 rings (SSSR count). The molecular formula is C9H16F2N2O. The van der Waals surface area contributed by atoms with Crippen LogP contribution in [0.4, 0.5) is 8.78 Å². The molecule has 1 aliphatic carbocycles. The standard InChI is InChI=1S/C9H16F2N2O/c1-2-7(12)8(14)13-6-3-4-9(10,11)5-6/h6-7H,2-5,12H2,1H3,(H,13,14). The van der Waals surface area contributed by atoms with Crippen molar-refractivity contribution in [2.75, 3.05) is 0 Å². The number of nitrogens with one attached hydrogen (secondary N) is 1. The van der Waals surface area contributed by atoms with Crippen LogP contribution in [0.15, 0.2) is 0 Å². The molecule has 14 heavy (non-hydrogen) atoms. The number of hydrogen-bond acceptors (Lipinski definition) is 2. The zero-order valence-corrected chi connectivity index (χ0v) is 8.22. The maximum atomic E-state index is 12.7. The minimum atomic E-state index is -2.62. The fourth-order valence-electron chi connectivity index (χ4n) is 1.57. The van der Waals surface area contributed by atoms with Crippen molar-refractivity contribution in [3.63, 3.8) is 0 Å². The summed E-state index contributed by atoms with van der Waals surface area (Å²) >= 11 is 0. The SMILES string of the molecule is CCC(N)C(=O)NC1CCC(F)(F)C1. The van der Waals surface area contributed by atoms with E-state index < -0.39 is 18.0 Å². The minimum Gasteiger partial charge on any atom is -0.352 e. The van der Waals surface area contributed by atoms with Crippen LogP contribution in [0.5, 0.6) is 0 Å². The van der Waals surface area contributed by atoms with Crippen molar-refractivity contribution >= 4 is 5.91 Å². The van der Waals surface area contributed by atoms with Crippen LogP contribution in [0.2, 0.25) is 0 Å². The summed E-state index contributed by atoms with van der Waals surface area (Å²) in [6, 6.07) is -0.987. The lowest BCUT2D eigenvalue weighted by Gasteiger charge is -2.15. The van der Waals surface area contributed by atoms with Crippen LogP contribution in [-0.2, 0) is 4.79 Å². The van der Waals surface area contributed by atoms with Gasteiger partial charge in [0.1, 0.15) is 0 Å². The molecule has 0 heterocycles. The third-order valence-corrected chi connectivity index (χ3v) is 2.53. The van der Waals surface area contributed by atoms with E-state index in [9.17, 15) is 13.6 Å². The molecule has 2 unspecified atom stereocenters. The van der Waals surface area contributed by atoms with Gasteiger partial charge in [-0.1, -0.05) is 6.92 Å². The van der Waals surface area contributed by atoms with Gasteiger partial charge in [-0.05, 0) is 12.8 Å². The van der Waals surface area contributed by atoms with Gasteiger partial charge in [-0.3, -0.25) is 4.79 Å². The van der Waals surface area contributed by atoms with E-state index in [0.717, 1.165) is 0 Å². The normalized spacial score (nSPS) is 27.3. The molecule has 2 atom stereocenters. The molecular weight excluding hydrogens is 190 g/mol. The number of halogens is 2. The van der Waals surface area contributed by atoms with Gasteiger partial charge in [0.2, 0.25) is 11.8 Å². The summed E-state index contributed by atoms with van der Waals surface area (Å²) in [6.45, 7) is 1.79. The predicted octanol–water partition coefficient (Wildman–Crippen LogP) is 1.03. The van der Waals surface area contributed by atoms with Crippen LogP contribution in [0.25, 0.3) is 0 Å². The van der Waals surface area contributed by atoms with Crippen LogP contribution in [-0.4, -0.2) is 23.9 Å². The molecule has 0 saturated heterocycles. The van der Waals surface area contributed by atoms with Crippen molar-refractivity contribution in [3.8, 4) is 0 Å². The topological polar surface area (TPSA) is 55.1 Å². The third kappa shape index (κ3) is 2.90. The molecule has 3 N–H and O–H groups in total. The first kappa shape index (κ1) is 11.4. The van der Waals surface area contributed by atoms with E-state index in [1.54, 1.807) is 6.92 Å². The fourth-order valence-corrected chi connectivity index (χ4v) is 1.57. The van der Waals surface area contributed by atoms with Gasteiger partial charge in [0.05, 0.1) is 6.04 Å². The second-order valence-corrected chi connectivity index (χ2v) is 3.82. The summed E-state index contributed by atoms with van der Waals surface area (Å²) in [6.07, 6.45) is 0.471. The summed E-state index contributed by atoms with van der Waals surface area (Å²) < 4.78 is 25.5. The molecule has 0 aromatic rings. The second-order valence-electron chi connectivity index (χ2n) is 3.82. The number of amides is 1. The molecule has 0 bridgehead atoms. The average molecular weight is 206 g/mol. The Morgan fingerprint density at radius 3 is 2.79 bits per heavy atom. The summed E-state index contributed by atoms with van der Waals surface area (Å²) in [4.78, 5) is 11.3. The van der Waals surface area contributed by atoms with E-state index in [4.69, 9.17) is 5.73 Å². The summed E-state index contributed by atoms with van der Waals surface area (Å²) in [5, 5.41) is 2.54. The molecule has 0 aromatic carbocycles. The molecule has 82 valence electrons. The van der Waals surface area contributed by atoms with E-state index in [1.165, 1.54) is 0 Å². The van der Waals surface area contributed by atoms with Crippen molar-refractivity contribution in [2.45, 2.75) is 50.6 Å². The zero-order chi connectivity index (χ0) is 10.8. The van der Waals surface area contributed by atoms with E-state index in [2.05, 4.69) is 5.32 Å². The zero-order valence-electron chi connectivity index (χ0n) is 8.22. The van der Waals surface area contributed by atoms with Crippen molar-refractivity contribution < 1.29 is 13.6 Å². The predicted molar refractivity (Wildman–Crippen MR) is 49.0 cm³/mol. The molecule has 0 spiro atoms. The highest BCUT2D eigenvalue weighted by molar-refractivity contribution is 5.81. The Labute approximate surface area is 82.0 Å². The lowest BCUT2D eigenvalue weighted by Crippen LogP contribution is -2.44. The number of carbonyl (C=O) groups is 1. The second kappa shape index (κ2) is 4.21. The molecule has 1 aliphatic rings. The Bertz CT molecular complexity index is 221. The van der Waals surface area contributed by atoms with Gasteiger partial charge < -0.3 is 11.1 Å². The summed E-state index contributed by atoms with van der Waals surface area (Å²) in [5.41, 5.74) is 5.46. The number of nitrogens with two attached hydrogens (primary N) is 1. The quantitative estimate of drug-likeness (QED) is 0.724. The van der Waals surface area contributed by atoms with Crippen LogP contribution in [0, 0.1) is 0 Å². The van der Waals surface area contributed by atoms with Gasteiger partial charge in [-0.15, -0.1) is 0 Å². The highest BCUT2D eigenvalue weighted by Crippen LogP contribution is 2.34. The fraction of sp³-hybridized carbons (Fsp3) is 0.889. The van der Waals surface area contributed by atoms with Crippen LogP contribution >= 0.6 is 0 Å². The van der Waals surface area contributed by atoms with E-state index in [1.807, 2.05) is 0 Å². The van der Waals surface area contributed by atoms with Gasteiger partial charge in [0.25, 0.3) is 0 Å². The molecule has 1 saturated carbocycles. The Morgan fingerprint density at radius 1 is 1.71 bits per heavy atom.